The third-order valence-corrected chi connectivity index (χ3v) is 4.30. The molecule has 3 heterocycles. The van der Waals surface area contributed by atoms with Gasteiger partial charge in [0.15, 0.2) is 0 Å². The molecule has 0 N–H and O–H groups in total. The number of likely N-dealkylation sites (N-methyl/N-ethyl adjacent to an activating group) is 2. The van der Waals surface area contributed by atoms with Crippen LogP contribution in [0.4, 0.5) is 0 Å². The highest BCUT2D eigenvalue weighted by Crippen LogP contribution is 2.27. The number of morpholine rings is 1. The summed E-state index contributed by atoms with van der Waals surface area (Å²) in [7, 11) is 4.48. The van der Waals surface area contributed by atoms with Gasteiger partial charge in [0, 0.05) is 37.8 Å². The molecule has 3 rings (SSSR count). The van der Waals surface area contributed by atoms with E-state index in [0.717, 1.165) is 19.3 Å². The minimum absolute atomic E-state index is 0.633. The van der Waals surface area contributed by atoms with Gasteiger partial charge in [-0.15, -0.1) is 0 Å². The van der Waals surface area contributed by atoms with E-state index in [9.17, 15) is 0 Å². The van der Waals surface area contributed by atoms with Gasteiger partial charge in [0.25, 0.3) is 0 Å². The second kappa shape index (κ2) is 4.26. The Morgan fingerprint density at radius 2 is 1.50 bits per heavy atom. The summed E-state index contributed by atoms with van der Waals surface area (Å²) in [6, 6.07) is 2.04. The summed E-state index contributed by atoms with van der Waals surface area (Å²) in [6.45, 7) is 6.73. The van der Waals surface area contributed by atoms with Crippen molar-refractivity contribution in [1.82, 2.24) is 14.7 Å². The summed E-state index contributed by atoms with van der Waals surface area (Å²) in [5.41, 5.74) is 0. The van der Waals surface area contributed by atoms with Gasteiger partial charge in [-0.25, -0.2) is 0 Å². The van der Waals surface area contributed by atoms with Crippen LogP contribution in [0.25, 0.3) is 0 Å². The molecule has 3 aliphatic rings. The van der Waals surface area contributed by atoms with Gasteiger partial charge in [-0.3, -0.25) is 4.90 Å². The van der Waals surface area contributed by atoms with Crippen molar-refractivity contribution >= 4 is 0 Å². The van der Waals surface area contributed by atoms with Crippen molar-refractivity contribution in [2.75, 3.05) is 53.5 Å². The maximum absolute atomic E-state index is 5.72. The number of piperazine rings is 1. The van der Waals surface area contributed by atoms with E-state index in [-0.39, 0.29) is 0 Å². The lowest BCUT2D eigenvalue weighted by atomic mass is 10.0. The quantitative estimate of drug-likeness (QED) is 0.610. The third kappa shape index (κ3) is 1.88. The molecule has 0 aromatic heterocycles. The maximum atomic E-state index is 5.72. The predicted molar refractivity (Wildman–Crippen MR) is 63.6 cm³/mol. The summed E-state index contributed by atoms with van der Waals surface area (Å²) in [6.07, 6.45) is 1.34. The molecule has 0 aliphatic carbocycles. The number of ether oxygens (including phenoxy) is 1. The van der Waals surface area contributed by atoms with Gasteiger partial charge in [-0.2, -0.15) is 0 Å². The molecular weight excluding hydrogens is 202 g/mol. The van der Waals surface area contributed by atoms with E-state index in [1.807, 2.05) is 0 Å². The van der Waals surface area contributed by atoms with E-state index in [1.54, 1.807) is 0 Å². The lowest BCUT2D eigenvalue weighted by molar-refractivity contribution is -0.109. The Bertz CT molecular complexity index is 241. The van der Waals surface area contributed by atoms with E-state index in [0.29, 0.717) is 12.1 Å². The molecular formula is C12H23N3O. The molecule has 3 aliphatic heterocycles. The summed E-state index contributed by atoms with van der Waals surface area (Å²) >= 11 is 0. The molecule has 0 radical (unpaired) electrons. The van der Waals surface area contributed by atoms with Gasteiger partial charge in [0.2, 0.25) is 0 Å². The van der Waals surface area contributed by atoms with Crippen LogP contribution in [0.2, 0.25) is 0 Å². The third-order valence-electron chi connectivity index (χ3n) is 4.30. The molecule has 3 atom stereocenters. The zero-order valence-electron chi connectivity index (χ0n) is 10.4. The molecule has 16 heavy (non-hydrogen) atoms. The summed E-state index contributed by atoms with van der Waals surface area (Å²) in [5, 5.41) is 0. The number of fused-ring (bicyclic) bond motifs is 2. The molecule has 0 spiro atoms. The molecule has 4 nitrogen and oxygen atoms in total. The number of hydrogen-bond donors (Lipinski definition) is 0. The van der Waals surface area contributed by atoms with Crippen LogP contribution in [0, 0.1) is 0 Å². The van der Waals surface area contributed by atoms with Gasteiger partial charge in [0.1, 0.15) is 0 Å². The normalized spacial score (nSPS) is 42.8. The Hall–Kier alpha value is -0.160. The molecule has 0 amide bonds. The Morgan fingerprint density at radius 3 is 2.06 bits per heavy atom. The standard InChI is InChI=1S/C12H23N3O/c1-13-4-3-10(5-13)15-11-6-14(2)7-12(15)9-16-8-11/h10-12H,3-9H2,1-2H3. The molecule has 2 bridgehead atoms. The number of nitrogens with zero attached hydrogens (tertiary/aromatic N) is 3. The number of hydrogen-bond acceptors (Lipinski definition) is 4. The second-order valence-electron chi connectivity index (χ2n) is 5.72. The Kier molecular flexibility index (Phi) is 2.92. The van der Waals surface area contributed by atoms with E-state index in [2.05, 4.69) is 28.8 Å². The summed E-state index contributed by atoms with van der Waals surface area (Å²) in [5.74, 6) is 0. The van der Waals surface area contributed by atoms with Crippen LogP contribution < -0.4 is 0 Å². The minimum atomic E-state index is 0.633. The molecule has 92 valence electrons. The van der Waals surface area contributed by atoms with Crippen molar-refractivity contribution in [3.05, 3.63) is 0 Å². The van der Waals surface area contributed by atoms with Crippen LogP contribution >= 0.6 is 0 Å². The van der Waals surface area contributed by atoms with Gasteiger partial charge in [-0.05, 0) is 27.1 Å². The van der Waals surface area contributed by atoms with Crippen LogP contribution in [0.5, 0.6) is 0 Å². The monoisotopic (exact) mass is 225 g/mol. The number of rotatable bonds is 1. The largest absolute Gasteiger partial charge is 0.378 e. The first-order valence-corrected chi connectivity index (χ1v) is 6.46. The first-order chi connectivity index (χ1) is 7.74. The van der Waals surface area contributed by atoms with Crippen molar-refractivity contribution < 1.29 is 4.74 Å². The predicted octanol–water partition coefficient (Wildman–Crippen LogP) is -0.295. The minimum Gasteiger partial charge on any atom is -0.378 e. The smallest absolute Gasteiger partial charge is 0.0635 e. The van der Waals surface area contributed by atoms with Gasteiger partial charge in [-0.1, -0.05) is 0 Å². The van der Waals surface area contributed by atoms with Crippen molar-refractivity contribution in [3.63, 3.8) is 0 Å². The van der Waals surface area contributed by atoms with E-state index in [1.165, 1.54) is 32.6 Å². The average Bonchev–Trinajstić information content (AvgIpc) is 2.63. The highest BCUT2D eigenvalue weighted by molar-refractivity contribution is 4.97. The van der Waals surface area contributed by atoms with E-state index < -0.39 is 0 Å². The van der Waals surface area contributed by atoms with Crippen molar-refractivity contribution in [2.45, 2.75) is 24.5 Å². The highest BCUT2D eigenvalue weighted by atomic mass is 16.5. The lowest BCUT2D eigenvalue weighted by Crippen LogP contribution is -2.66. The van der Waals surface area contributed by atoms with Crippen LogP contribution in [-0.2, 0) is 4.74 Å². The maximum Gasteiger partial charge on any atom is 0.0635 e. The lowest BCUT2D eigenvalue weighted by Gasteiger charge is -2.51. The van der Waals surface area contributed by atoms with Gasteiger partial charge < -0.3 is 14.5 Å². The molecule has 4 heteroatoms. The van der Waals surface area contributed by atoms with Crippen LogP contribution in [0.3, 0.4) is 0 Å². The van der Waals surface area contributed by atoms with Crippen molar-refractivity contribution in [2.24, 2.45) is 0 Å². The van der Waals surface area contributed by atoms with Crippen LogP contribution in [-0.4, -0.2) is 86.3 Å². The Labute approximate surface area is 98.1 Å². The number of likely N-dealkylation sites (tertiary alicyclic amines) is 1. The fourth-order valence-corrected chi connectivity index (χ4v) is 3.65. The van der Waals surface area contributed by atoms with Crippen LogP contribution in [0.15, 0.2) is 0 Å². The average molecular weight is 225 g/mol. The van der Waals surface area contributed by atoms with E-state index in [4.69, 9.17) is 4.74 Å². The zero-order valence-corrected chi connectivity index (χ0v) is 10.4. The highest BCUT2D eigenvalue weighted by Gasteiger charge is 2.42. The fraction of sp³-hybridized carbons (Fsp3) is 1.00. The van der Waals surface area contributed by atoms with E-state index >= 15 is 0 Å². The second-order valence-corrected chi connectivity index (χ2v) is 5.72. The molecule has 0 aromatic rings. The first kappa shape index (κ1) is 11.0. The van der Waals surface area contributed by atoms with Gasteiger partial charge in [0.05, 0.1) is 13.2 Å². The molecule has 3 saturated heterocycles. The summed E-state index contributed by atoms with van der Waals surface area (Å²) in [4.78, 5) is 7.69. The zero-order chi connectivity index (χ0) is 11.1. The van der Waals surface area contributed by atoms with Crippen molar-refractivity contribution in [3.8, 4) is 0 Å². The van der Waals surface area contributed by atoms with Crippen molar-refractivity contribution in [1.29, 1.82) is 0 Å². The summed E-state index contributed by atoms with van der Waals surface area (Å²) < 4.78 is 5.72. The fourth-order valence-electron chi connectivity index (χ4n) is 3.65. The SMILES string of the molecule is CN1CCC(N2C3COCC2CN(C)C3)C1. The topological polar surface area (TPSA) is 19.0 Å². The molecule has 3 unspecified atom stereocenters. The molecule has 0 aromatic carbocycles. The Balaban J connectivity index is 1.73. The Morgan fingerprint density at radius 1 is 0.875 bits per heavy atom. The van der Waals surface area contributed by atoms with Crippen LogP contribution in [0.1, 0.15) is 6.42 Å². The van der Waals surface area contributed by atoms with Gasteiger partial charge >= 0.3 is 0 Å². The molecule has 3 fully saturated rings. The molecule has 0 saturated carbocycles. The first-order valence-electron chi connectivity index (χ1n) is 6.46.